The highest BCUT2D eigenvalue weighted by molar-refractivity contribution is 5.85. The van der Waals surface area contributed by atoms with E-state index in [-0.39, 0.29) is 23.7 Å². The summed E-state index contributed by atoms with van der Waals surface area (Å²) in [7, 11) is 0. The van der Waals surface area contributed by atoms with Gasteiger partial charge in [0.15, 0.2) is 0 Å². The fourth-order valence-electron chi connectivity index (χ4n) is 6.99. The van der Waals surface area contributed by atoms with Crippen molar-refractivity contribution in [1.29, 1.82) is 0 Å². The quantitative estimate of drug-likeness (QED) is 0.796. The first-order chi connectivity index (χ1) is 12.5. The second kappa shape index (κ2) is 7.22. The fraction of sp³-hybridized carbons (Fsp3) is 0.905. The van der Waals surface area contributed by atoms with Crippen molar-refractivity contribution in [1.82, 2.24) is 15.1 Å². The summed E-state index contributed by atoms with van der Waals surface area (Å²) in [6, 6.07) is 0. The summed E-state index contributed by atoms with van der Waals surface area (Å²) in [5, 5.41) is 3.26. The van der Waals surface area contributed by atoms with Gasteiger partial charge in [-0.2, -0.15) is 0 Å². The van der Waals surface area contributed by atoms with Gasteiger partial charge in [-0.3, -0.25) is 9.59 Å². The number of carbonyl (C=O) groups is 2. The minimum Gasteiger partial charge on any atom is -0.339 e. The van der Waals surface area contributed by atoms with E-state index in [2.05, 4.69) is 17.1 Å². The average Bonchev–Trinajstić information content (AvgIpc) is 2.58. The molecule has 2 aliphatic heterocycles. The van der Waals surface area contributed by atoms with Gasteiger partial charge in [-0.15, -0.1) is 12.4 Å². The molecular formula is C21H34ClN3O2. The smallest absolute Gasteiger partial charge is 0.228 e. The molecule has 0 aromatic rings. The normalized spacial score (nSPS) is 38.9. The fourth-order valence-corrected chi connectivity index (χ4v) is 6.99. The predicted octanol–water partition coefficient (Wildman–Crippen LogP) is 2.15. The van der Waals surface area contributed by atoms with E-state index in [1.165, 1.54) is 19.3 Å². The zero-order valence-electron chi connectivity index (χ0n) is 16.5. The van der Waals surface area contributed by atoms with Gasteiger partial charge in [0, 0.05) is 32.1 Å². The topological polar surface area (TPSA) is 52.7 Å². The van der Waals surface area contributed by atoms with Crippen LogP contribution in [0, 0.1) is 35.0 Å². The van der Waals surface area contributed by atoms with Crippen molar-refractivity contribution in [3.05, 3.63) is 0 Å². The van der Waals surface area contributed by atoms with Crippen LogP contribution in [0.15, 0.2) is 0 Å². The number of amides is 2. The molecule has 4 aliphatic carbocycles. The lowest BCUT2D eigenvalue weighted by Gasteiger charge is -2.57. The zero-order chi connectivity index (χ0) is 17.9. The highest BCUT2D eigenvalue weighted by Crippen LogP contribution is 2.60. The van der Waals surface area contributed by atoms with E-state index >= 15 is 0 Å². The van der Waals surface area contributed by atoms with Gasteiger partial charge in [0.1, 0.15) is 0 Å². The summed E-state index contributed by atoms with van der Waals surface area (Å²) in [5.41, 5.74) is -0.0359. The van der Waals surface area contributed by atoms with Crippen LogP contribution in [-0.4, -0.2) is 60.9 Å². The van der Waals surface area contributed by atoms with Crippen LogP contribution in [-0.2, 0) is 9.59 Å². The van der Waals surface area contributed by atoms with E-state index in [0.717, 1.165) is 76.3 Å². The van der Waals surface area contributed by atoms with Crippen LogP contribution < -0.4 is 5.32 Å². The Morgan fingerprint density at radius 3 is 1.81 bits per heavy atom. The molecule has 6 rings (SSSR count). The summed E-state index contributed by atoms with van der Waals surface area (Å²) in [6.45, 7) is 6.93. The lowest BCUT2D eigenvalue weighted by atomic mass is 9.49. The summed E-state index contributed by atoms with van der Waals surface area (Å²) in [6.07, 6.45) is 7.56. The maximum Gasteiger partial charge on any atom is 0.228 e. The van der Waals surface area contributed by atoms with E-state index in [4.69, 9.17) is 0 Å². The largest absolute Gasteiger partial charge is 0.339 e. The third kappa shape index (κ3) is 3.29. The molecular weight excluding hydrogens is 362 g/mol. The summed E-state index contributed by atoms with van der Waals surface area (Å²) >= 11 is 0. The van der Waals surface area contributed by atoms with Crippen LogP contribution >= 0.6 is 12.4 Å². The minimum atomic E-state index is -0.0359. The molecule has 4 saturated carbocycles. The molecule has 1 N–H and O–H groups in total. The molecule has 4 bridgehead atoms. The molecule has 0 aromatic heterocycles. The predicted molar refractivity (Wildman–Crippen MR) is 107 cm³/mol. The minimum absolute atomic E-state index is 0. The van der Waals surface area contributed by atoms with E-state index in [0.29, 0.717) is 17.7 Å². The van der Waals surface area contributed by atoms with Gasteiger partial charge < -0.3 is 15.1 Å². The first-order valence-electron chi connectivity index (χ1n) is 10.8. The van der Waals surface area contributed by atoms with Gasteiger partial charge in [0.2, 0.25) is 11.8 Å². The Kier molecular flexibility index (Phi) is 5.21. The summed E-state index contributed by atoms with van der Waals surface area (Å²) in [4.78, 5) is 30.3. The van der Waals surface area contributed by atoms with Crippen molar-refractivity contribution in [3.63, 3.8) is 0 Å². The maximum absolute atomic E-state index is 13.4. The SMILES string of the molecule is CC(C(=O)N1CCN(C(=O)C23CC4CC(CC(C4)C2)C3)CC1)C1CNC1.Cl. The highest BCUT2D eigenvalue weighted by Gasteiger charge is 2.55. The molecule has 2 heterocycles. The Morgan fingerprint density at radius 2 is 1.37 bits per heavy atom. The van der Waals surface area contributed by atoms with Crippen molar-refractivity contribution in [3.8, 4) is 0 Å². The third-order valence-corrected chi connectivity index (χ3v) is 8.28. The Hall–Kier alpha value is -0.810. The van der Waals surface area contributed by atoms with Gasteiger partial charge >= 0.3 is 0 Å². The molecule has 6 fully saturated rings. The van der Waals surface area contributed by atoms with Crippen molar-refractivity contribution in [2.45, 2.75) is 45.4 Å². The van der Waals surface area contributed by atoms with Crippen molar-refractivity contribution in [2.24, 2.45) is 35.0 Å². The van der Waals surface area contributed by atoms with Crippen LogP contribution in [0.1, 0.15) is 45.4 Å². The first kappa shape index (κ1) is 19.5. The van der Waals surface area contributed by atoms with Gasteiger partial charge in [0.25, 0.3) is 0 Å². The number of hydrogen-bond donors (Lipinski definition) is 1. The number of nitrogens with zero attached hydrogens (tertiary/aromatic N) is 2. The zero-order valence-corrected chi connectivity index (χ0v) is 17.3. The van der Waals surface area contributed by atoms with Crippen LogP contribution in [0.2, 0.25) is 0 Å². The second-order valence-corrected chi connectivity index (χ2v) is 10.0. The molecule has 6 heteroatoms. The van der Waals surface area contributed by atoms with Crippen LogP contribution in [0.25, 0.3) is 0 Å². The van der Waals surface area contributed by atoms with E-state index in [1.54, 1.807) is 0 Å². The number of rotatable bonds is 3. The van der Waals surface area contributed by atoms with Crippen LogP contribution in [0.4, 0.5) is 0 Å². The van der Waals surface area contributed by atoms with Crippen molar-refractivity contribution >= 4 is 24.2 Å². The van der Waals surface area contributed by atoms with Crippen molar-refractivity contribution in [2.75, 3.05) is 39.3 Å². The molecule has 2 saturated heterocycles. The molecule has 1 atom stereocenters. The standard InChI is InChI=1S/C21H33N3O2.ClH/c1-14(18-12-22-13-18)19(25)23-2-4-24(5-3-23)20(26)21-9-15-6-16(10-21)8-17(7-15)11-21;/h14-18,22H,2-13H2,1H3;1H. The van der Waals surface area contributed by atoms with Crippen LogP contribution in [0.3, 0.4) is 0 Å². The lowest BCUT2D eigenvalue weighted by molar-refractivity contribution is -0.161. The Morgan fingerprint density at radius 1 is 0.889 bits per heavy atom. The van der Waals surface area contributed by atoms with Gasteiger partial charge in [0.05, 0.1) is 5.41 Å². The van der Waals surface area contributed by atoms with E-state index in [1.807, 2.05) is 4.90 Å². The van der Waals surface area contributed by atoms with Gasteiger partial charge in [-0.25, -0.2) is 0 Å². The molecule has 5 nitrogen and oxygen atoms in total. The third-order valence-electron chi connectivity index (χ3n) is 8.28. The number of hydrogen-bond acceptors (Lipinski definition) is 3. The number of halogens is 1. The van der Waals surface area contributed by atoms with Gasteiger partial charge in [-0.1, -0.05) is 6.92 Å². The lowest BCUT2D eigenvalue weighted by Crippen LogP contribution is -2.59. The summed E-state index contributed by atoms with van der Waals surface area (Å²) < 4.78 is 0. The Labute approximate surface area is 169 Å². The number of piperazine rings is 1. The average molecular weight is 396 g/mol. The molecule has 152 valence electrons. The second-order valence-electron chi connectivity index (χ2n) is 10.0. The van der Waals surface area contributed by atoms with E-state index < -0.39 is 0 Å². The molecule has 0 radical (unpaired) electrons. The Balaban J connectivity index is 0.00000180. The summed E-state index contributed by atoms with van der Waals surface area (Å²) in [5.74, 6) is 3.76. The molecule has 6 aliphatic rings. The number of nitrogens with one attached hydrogen (secondary N) is 1. The molecule has 0 spiro atoms. The molecule has 0 aromatic carbocycles. The monoisotopic (exact) mass is 395 g/mol. The van der Waals surface area contributed by atoms with Crippen LogP contribution in [0.5, 0.6) is 0 Å². The number of carbonyl (C=O) groups excluding carboxylic acids is 2. The van der Waals surface area contributed by atoms with Crippen molar-refractivity contribution < 1.29 is 9.59 Å². The first-order valence-corrected chi connectivity index (χ1v) is 10.8. The molecule has 27 heavy (non-hydrogen) atoms. The highest BCUT2D eigenvalue weighted by atomic mass is 35.5. The van der Waals surface area contributed by atoms with E-state index in [9.17, 15) is 9.59 Å². The molecule has 1 unspecified atom stereocenters. The molecule has 2 amide bonds. The maximum atomic E-state index is 13.4. The van der Waals surface area contributed by atoms with Gasteiger partial charge in [-0.05, 0) is 75.3 Å². The Bertz CT molecular complexity index is 563.